The van der Waals surface area contributed by atoms with Crippen molar-refractivity contribution in [3.05, 3.63) is 35.4 Å². The van der Waals surface area contributed by atoms with Crippen LogP contribution in [0, 0.1) is 0 Å². The SMILES string of the molecule is CC1C(N2CCCC2)N(C(=O)Cc2ccc(C(F)(F)F)cc2)CCN1C(=O)O.Cl. The van der Waals surface area contributed by atoms with Crippen LogP contribution in [-0.2, 0) is 17.4 Å². The van der Waals surface area contributed by atoms with Crippen molar-refractivity contribution in [2.75, 3.05) is 26.2 Å². The highest BCUT2D eigenvalue weighted by atomic mass is 35.5. The number of carbonyl (C=O) groups is 2. The number of rotatable bonds is 3. The number of hydrogen-bond donors (Lipinski definition) is 1. The molecule has 6 nitrogen and oxygen atoms in total. The highest BCUT2D eigenvalue weighted by molar-refractivity contribution is 5.85. The fourth-order valence-electron chi connectivity index (χ4n) is 4.11. The normalized spacial score (nSPS) is 23.0. The first-order valence-electron chi connectivity index (χ1n) is 9.37. The molecule has 10 heteroatoms. The Balaban J connectivity index is 0.00000300. The molecule has 0 spiro atoms. The Hall–Kier alpha value is -2.00. The van der Waals surface area contributed by atoms with Gasteiger partial charge in [0.05, 0.1) is 18.0 Å². The summed E-state index contributed by atoms with van der Waals surface area (Å²) in [5, 5.41) is 9.43. The second-order valence-electron chi connectivity index (χ2n) is 7.33. The number of carboxylic acid groups (broad SMARTS) is 1. The number of benzene rings is 1. The summed E-state index contributed by atoms with van der Waals surface area (Å²) in [6.07, 6.45) is -3.79. The van der Waals surface area contributed by atoms with Gasteiger partial charge in [0.15, 0.2) is 0 Å². The summed E-state index contributed by atoms with van der Waals surface area (Å²) in [4.78, 5) is 29.6. The zero-order chi connectivity index (χ0) is 20.5. The minimum absolute atomic E-state index is 0. The fourth-order valence-corrected chi connectivity index (χ4v) is 4.11. The molecule has 2 aliphatic rings. The molecule has 1 aromatic rings. The number of piperazine rings is 1. The van der Waals surface area contributed by atoms with Crippen LogP contribution in [0.25, 0.3) is 0 Å². The van der Waals surface area contributed by atoms with Crippen molar-refractivity contribution in [3.8, 4) is 0 Å². The lowest BCUT2D eigenvalue weighted by Gasteiger charge is -2.48. The number of likely N-dealkylation sites (tertiary alicyclic amines) is 1. The highest BCUT2D eigenvalue weighted by Gasteiger charge is 2.42. The Morgan fingerprint density at radius 3 is 2.10 bits per heavy atom. The Morgan fingerprint density at radius 1 is 1.03 bits per heavy atom. The smallest absolute Gasteiger partial charge is 0.416 e. The molecule has 2 amide bonds. The third-order valence-corrected chi connectivity index (χ3v) is 5.54. The van der Waals surface area contributed by atoms with Gasteiger partial charge in [-0.2, -0.15) is 13.2 Å². The molecule has 1 N–H and O–H groups in total. The van der Waals surface area contributed by atoms with Crippen molar-refractivity contribution in [2.24, 2.45) is 0 Å². The average Bonchev–Trinajstić information content (AvgIpc) is 3.14. The second kappa shape index (κ2) is 9.21. The molecular weight excluding hydrogens is 411 g/mol. The lowest BCUT2D eigenvalue weighted by Crippen LogP contribution is -2.66. The van der Waals surface area contributed by atoms with Crippen molar-refractivity contribution in [2.45, 2.75) is 44.6 Å². The molecule has 29 heavy (non-hydrogen) atoms. The van der Waals surface area contributed by atoms with E-state index in [1.54, 1.807) is 11.8 Å². The maximum atomic E-state index is 12.9. The summed E-state index contributed by atoms with van der Waals surface area (Å²) in [6.45, 7) is 3.89. The predicted octanol–water partition coefficient (Wildman–Crippen LogP) is 3.30. The van der Waals surface area contributed by atoms with Gasteiger partial charge in [0, 0.05) is 26.2 Å². The standard InChI is InChI=1S/C19H24F3N3O3.ClH/c1-13-17(23-8-2-3-9-23)25(11-10-24(13)18(27)28)16(26)12-14-4-6-15(7-5-14)19(20,21)22;/h4-7,13,17H,2-3,8-12H2,1H3,(H,27,28);1H. The first-order chi connectivity index (χ1) is 13.2. The van der Waals surface area contributed by atoms with Crippen molar-refractivity contribution in [1.29, 1.82) is 0 Å². The number of carbonyl (C=O) groups excluding carboxylic acids is 1. The van der Waals surface area contributed by atoms with Crippen molar-refractivity contribution < 1.29 is 27.9 Å². The Bertz CT molecular complexity index is 724. The fraction of sp³-hybridized carbons (Fsp3) is 0.579. The molecule has 2 atom stereocenters. The molecule has 0 radical (unpaired) electrons. The van der Waals surface area contributed by atoms with Crippen LogP contribution in [0.3, 0.4) is 0 Å². The molecule has 2 aliphatic heterocycles. The van der Waals surface area contributed by atoms with E-state index in [0.29, 0.717) is 5.56 Å². The van der Waals surface area contributed by atoms with E-state index < -0.39 is 17.8 Å². The van der Waals surface area contributed by atoms with Crippen LogP contribution in [0.5, 0.6) is 0 Å². The maximum Gasteiger partial charge on any atom is 0.416 e. The first kappa shape index (κ1) is 23.3. The highest BCUT2D eigenvalue weighted by Crippen LogP contribution is 2.29. The van der Waals surface area contributed by atoms with Gasteiger partial charge in [0.2, 0.25) is 5.91 Å². The molecular formula is C19H25ClF3N3O3. The minimum atomic E-state index is -4.41. The van der Waals surface area contributed by atoms with Crippen LogP contribution >= 0.6 is 12.4 Å². The number of hydrogen-bond acceptors (Lipinski definition) is 3. The third-order valence-electron chi connectivity index (χ3n) is 5.54. The quantitative estimate of drug-likeness (QED) is 0.791. The molecule has 2 unspecified atom stereocenters. The maximum absolute atomic E-state index is 12.9. The number of alkyl halides is 3. The molecule has 162 valence electrons. The zero-order valence-electron chi connectivity index (χ0n) is 16.1. The van der Waals surface area contributed by atoms with Crippen LogP contribution in [0.15, 0.2) is 24.3 Å². The van der Waals surface area contributed by atoms with Crippen molar-refractivity contribution in [3.63, 3.8) is 0 Å². The summed E-state index contributed by atoms with van der Waals surface area (Å²) < 4.78 is 38.1. The molecule has 2 saturated heterocycles. The monoisotopic (exact) mass is 435 g/mol. The van der Waals surface area contributed by atoms with Gasteiger partial charge in [-0.1, -0.05) is 12.1 Å². The van der Waals surface area contributed by atoms with Crippen molar-refractivity contribution >= 4 is 24.4 Å². The predicted molar refractivity (Wildman–Crippen MR) is 103 cm³/mol. The van der Waals surface area contributed by atoms with Crippen LogP contribution < -0.4 is 0 Å². The van der Waals surface area contributed by atoms with Gasteiger partial charge in [-0.15, -0.1) is 12.4 Å². The number of nitrogens with zero attached hydrogens (tertiary/aromatic N) is 3. The number of amides is 2. The van der Waals surface area contributed by atoms with E-state index in [0.717, 1.165) is 38.1 Å². The van der Waals surface area contributed by atoms with E-state index in [1.807, 2.05) is 0 Å². The second-order valence-corrected chi connectivity index (χ2v) is 7.33. The molecule has 3 rings (SSSR count). The molecule has 0 aliphatic carbocycles. The van der Waals surface area contributed by atoms with Gasteiger partial charge in [-0.3, -0.25) is 9.69 Å². The topological polar surface area (TPSA) is 64.1 Å². The molecule has 0 aromatic heterocycles. The van der Waals surface area contributed by atoms with Gasteiger partial charge in [0.1, 0.15) is 6.17 Å². The van der Waals surface area contributed by atoms with E-state index in [9.17, 15) is 27.9 Å². The third kappa shape index (κ3) is 5.14. The summed E-state index contributed by atoms with van der Waals surface area (Å²) in [7, 11) is 0. The number of halogens is 4. The van der Waals surface area contributed by atoms with E-state index in [-0.39, 0.29) is 50.0 Å². The first-order valence-corrected chi connectivity index (χ1v) is 9.37. The van der Waals surface area contributed by atoms with Gasteiger partial charge in [-0.25, -0.2) is 4.79 Å². The summed E-state index contributed by atoms with van der Waals surface area (Å²) >= 11 is 0. The van der Waals surface area contributed by atoms with Gasteiger partial charge in [-0.05, 0) is 37.5 Å². The van der Waals surface area contributed by atoms with Crippen LogP contribution in [-0.4, -0.2) is 70.2 Å². The molecule has 2 heterocycles. The Kier molecular flexibility index (Phi) is 7.40. The Morgan fingerprint density at radius 2 is 1.59 bits per heavy atom. The van der Waals surface area contributed by atoms with Crippen LogP contribution in [0.2, 0.25) is 0 Å². The van der Waals surface area contributed by atoms with E-state index in [4.69, 9.17) is 0 Å². The summed E-state index contributed by atoms with van der Waals surface area (Å²) in [5.41, 5.74) is -0.242. The minimum Gasteiger partial charge on any atom is -0.465 e. The lowest BCUT2D eigenvalue weighted by atomic mass is 10.0. The molecule has 1 aromatic carbocycles. The van der Waals surface area contributed by atoms with Gasteiger partial charge >= 0.3 is 12.3 Å². The van der Waals surface area contributed by atoms with Gasteiger partial charge in [0.25, 0.3) is 0 Å². The van der Waals surface area contributed by atoms with Crippen LogP contribution in [0.4, 0.5) is 18.0 Å². The lowest BCUT2D eigenvalue weighted by molar-refractivity contribution is -0.143. The zero-order valence-corrected chi connectivity index (χ0v) is 16.9. The largest absolute Gasteiger partial charge is 0.465 e. The van der Waals surface area contributed by atoms with Crippen molar-refractivity contribution in [1.82, 2.24) is 14.7 Å². The van der Waals surface area contributed by atoms with Gasteiger partial charge < -0.3 is 14.9 Å². The van der Waals surface area contributed by atoms with E-state index >= 15 is 0 Å². The van der Waals surface area contributed by atoms with E-state index in [1.165, 1.54) is 17.0 Å². The van der Waals surface area contributed by atoms with E-state index in [2.05, 4.69) is 4.90 Å². The summed E-state index contributed by atoms with van der Waals surface area (Å²) in [6, 6.07) is 4.23. The molecule has 0 bridgehead atoms. The molecule has 0 saturated carbocycles. The Labute approximate surface area is 173 Å². The summed E-state index contributed by atoms with van der Waals surface area (Å²) in [5.74, 6) is -0.200. The molecule has 2 fully saturated rings. The average molecular weight is 436 g/mol. The van der Waals surface area contributed by atoms with Crippen LogP contribution in [0.1, 0.15) is 30.9 Å².